The number of hydrogen-bond donors (Lipinski definition) is 2. The third kappa shape index (κ3) is 4.88. The number of nitrogens with zero attached hydrogens (tertiary/aromatic N) is 1. The first-order chi connectivity index (χ1) is 8.81. The van der Waals surface area contributed by atoms with E-state index in [1.54, 1.807) is 0 Å². The minimum atomic E-state index is -0.240. The van der Waals surface area contributed by atoms with Crippen LogP contribution in [0.2, 0.25) is 0 Å². The molecule has 3 heteroatoms. The lowest BCUT2D eigenvalue weighted by atomic mass is 10.0. The van der Waals surface area contributed by atoms with E-state index in [1.807, 2.05) is 18.2 Å². The Labute approximate surface area is 109 Å². The maximum absolute atomic E-state index is 9.05. The van der Waals surface area contributed by atoms with Crippen LogP contribution in [0.25, 0.3) is 0 Å². The highest BCUT2D eigenvalue weighted by Crippen LogP contribution is 2.11. The van der Waals surface area contributed by atoms with E-state index in [2.05, 4.69) is 18.1 Å². The van der Waals surface area contributed by atoms with Crippen molar-refractivity contribution in [2.75, 3.05) is 6.61 Å². The number of benzene rings is 1. The van der Waals surface area contributed by atoms with Crippen LogP contribution < -0.4 is 0 Å². The summed E-state index contributed by atoms with van der Waals surface area (Å²) in [7, 11) is 0. The Hall–Kier alpha value is -1.35. The number of hydrogen-bond acceptors (Lipinski definition) is 3. The van der Waals surface area contributed by atoms with Crippen molar-refractivity contribution in [1.29, 1.82) is 0 Å². The van der Waals surface area contributed by atoms with Crippen molar-refractivity contribution in [2.45, 2.75) is 45.4 Å². The second-order valence-corrected chi connectivity index (χ2v) is 4.57. The first-order valence-electron chi connectivity index (χ1n) is 6.73. The molecule has 0 fully saturated rings. The molecule has 0 bridgehead atoms. The quantitative estimate of drug-likeness (QED) is 0.321. The zero-order chi connectivity index (χ0) is 13.2. The van der Waals surface area contributed by atoms with Crippen LogP contribution in [0.5, 0.6) is 0 Å². The lowest BCUT2D eigenvalue weighted by Crippen LogP contribution is -2.06. The summed E-state index contributed by atoms with van der Waals surface area (Å²) < 4.78 is 0. The molecular formula is C15H23NO2. The molecule has 0 spiro atoms. The van der Waals surface area contributed by atoms with E-state index in [9.17, 15) is 0 Å². The molecule has 100 valence electrons. The molecule has 0 unspecified atom stereocenters. The normalized spacial score (nSPS) is 11.8. The molecule has 2 N–H and O–H groups in total. The molecule has 1 aromatic carbocycles. The van der Waals surface area contributed by atoms with Crippen molar-refractivity contribution in [1.82, 2.24) is 0 Å². The summed E-state index contributed by atoms with van der Waals surface area (Å²) in [4.78, 5) is 0. The van der Waals surface area contributed by atoms with Crippen molar-refractivity contribution in [3.8, 4) is 0 Å². The number of aliphatic hydroxyl groups is 1. The number of unbranched alkanes of at least 4 members (excludes halogenated alkanes) is 4. The Morgan fingerprint density at radius 2 is 1.94 bits per heavy atom. The van der Waals surface area contributed by atoms with Crippen molar-refractivity contribution in [2.24, 2.45) is 5.16 Å². The average Bonchev–Trinajstić information content (AvgIpc) is 2.40. The van der Waals surface area contributed by atoms with E-state index in [0.29, 0.717) is 5.71 Å². The third-order valence-electron chi connectivity index (χ3n) is 3.10. The molecule has 0 atom stereocenters. The van der Waals surface area contributed by atoms with Crippen LogP contribution in [0, 0.1) is 0 Å². The van der Waals surface area contributed by atoms with E-state index in [4.69, 9.17) is 10.3 Å². The Kier molecular flexibility index (Phi) is 7.11. The van der Waals surface area contributed by atoms with Crippen LogP contribution in [-0.2, 0) is 6.42 Å². The molecule has 0 saturated heterocycles. The van der Waals surface area contributed by atoms with E-state index < -0.39 is 0 Å². The maximum Gasteiger partial charge on any atom is 0.112 e. The summed E-state index contributed by atoms with van der Waals surface area (Å²) in [6.45, 7) is 1.98. The third-order valence-corrected chi connectivity index (χ3v) is 3.10. The fourth-order valence-electron chi connectivity index (χ4n) is 2.02. The first-order valence-corrected chi connectivity index (χ1v) is 6.73. The summed E-state index contributed by atoms with van der Waals surface area (Å²) in [6.07, 6.45) is 7.37. The monoisotopic (exact) mass is 249 g/mol. The highest BCUT2D eigenvalue weighted by molar-refractivity contribution is 6.01. The molecule has 1 rings (SSSR count). The van der Waals surface area contributed by atoms with E-state index >= 15 is 0 Å². The fourth-order valence-corrected chi connectivity index (χ4v) is 2.02. The lowest BCUT2D eigenvalue weighted by Gasteiger charge is -2.05. The van der Waals surface area contributed by atoms with Gasteiger partial charge >= 0.3 is 0 Å². The highest BCUT2D eigenvalue weighted by Gasteiger charge is 2.03. The van der Waals surface area contributed by atoms with Crippen molar-refractivity contribution >= 4 is 5.71 Å². The highest BCUT2D eigenvalue weighted by atomic mass is 16.4. The van der Waals surface area contributed by atoms with E-state index in [-0.39, 0.29) is 6.61 Å². The van der Waals surface area contributed by atoms with Crippen LogP contribution in [0.3, 0.4) is 0 Å². The number of rotatable bonds is 8. The van der Waals surface area contributed by atoms with Gasteiger partial charge in [0.25, 0.3) is 0 Å². The van der Waals surface area contributed by atoms with Crippen LogP contribution in [0.1, 0.15) is 50.2 Å². The van der Waals surface area contributed by atoms with Gasteiger partial charge in [0.2, 0.25) is 0 Å². The number of aliphatic hydroxyl groups excluding tert-OH is 1. The predicted molar refractivity (Wildman–Crippen MR) is 74.3 cm³/mol. The van der Waals surface area contributed by atoms with E-state index in [0.717, 1.165) is 12.0 Å². The standard InChI is InChI=1S/C15H23NO2/c1-2-3-4-5-6-8-13-9-7-10-14(11-13)15(12-17)16-18/h7,9-11,17-18H,2-6,8,12H2,1H3. The van der Waals surface area contributed by atoms with Gasteiger partial charge in [0, 0.05) is 5.56 Å². The van der Waals surface area contributed by atoms with Crippen molar-refractivity contribution in [3.63, 3.8) is 0 Å². The Balaban J connectivity index is 2.49. The molecule has 3 nitrogen and oxygen atoms in total. The molecule has 0 radical (unpaired) electrons. The van der Waals surface area contributed by atoms with Gasteiger partial charge in [0.05, 0.1) is 6.61 Å². The average molecular weight is 249 g/mol. The van der Waals surface area contributed by atoms with E-state index in [1.165, 1.54) is 37.7 Å². The molecule has 0 aromatic heterocycles. The summed E-state index contributed by atoms with van der Waals surface area (Å²) in [5, 5.41) is 20.9. The second-order valence-electron chi connectivity index (χ2n) is 4.57. The van der Waals surface area contributed by atoms with Crippen molar-refractivity contribution in [3.05, 3.63) is 35.4 Å². The number of oxime groups is 1. The molecule has 0 amide bonds. The summed E-state index contributed by atoms with van der Waals surface area (Å²) in [5.74, 6) is 0. The Morgan fingerprint density at radius 3 is 2.61 bits per heavy atom. The largest absolute Gasteiger partial charge is 0.411 e. The Bertz CT molecular complexity index is 375. The molecule has 0 saturated carbocycles. The SMILES string of the molecule is CCCCCCCc1cccc(C(CO)=NO)c1. The van der Waals surface area contributed by atoms with Gasteiger partial charge in [-0.1, -0.05) is 56.0 Å². The van der Waals surface area contributed by atoms with Gasteiger partial charge in [0.1, 0.15) is 5.71 Å². The summed E-state index contributed by atoms with van der Waals surface area (Å²) in [5.41, 5.74) is 2.35. The minimum absolute atomic E-state index is 0.240. The van der Waals surface area contributed by atoms with Gasteiger partial charge in [-0.2, -0.15) is 0 Å². The van der Waals surface area contributed by atoms with Gasteiger partial charge in [-0.25, -0.2) is 0 Å². The summed E-state index contributed by atoms with van der Waals surface area (Å²) in [6, 6.07) is 7.87. The summed E-state index contributed by atoms with van der Waals surface area (Å²) >= 11 is 0. The fraction of sp³-hybridized carbons (Fsp3) is 0.533. The van der Waals surface area contributed by atoms with Gasteiger partial charge in [0.15, 0.2) is 0 Å². The minimum Gasteiger partial charge on any atom is -0.411 e. The van der Waals surface area contributed by atoms with Crippen LogP contribution in [-0.4, -0.2) is 22.6 Å². The van der Waals surface area contributed by atoms with Crippen LogP contribution in [0.4, 0.5) is 0 Å². The van der Waals surface area contributed by atoms with Gasteiger partial charge in [-0.3, -0.25) is 0 Å². The molecular weight excluding hydrogens is 226 g/mol. The molecule has 18 heavy (non-hydrogen) atoms. The topological polar surface area (TPSA) is 52.8 Å². The zero-order valence-electron chi connectivity index (χ0n) is 11.1. The van der Waals surface area contributed by atoms with Gasteiger partial charge in [-0.15, -0.1) is 0 Å². The van der Waals surface area contributed by atoms with Gasteiger partial charge < -0.3 is 10.3 Å². The predicted octanol–water partition coefficient (Wildman–Crippen LogP) is 3.37. The molecule has 0 aliphatic rings. The molecule has 0 aliphatic heterocycles. The zero-order valence-corrected chi connectivity index (χ0v) is 11.1. The lowest BCUT2D eigenvalue weighted by molar-refractivity contribution is 0.304. The van der Waals surface area contributed by atoms with Crippen molar-refractivity contribution < 1.29 is 10.3 Å². The van der Waals surface area contributed by atoms with Crippen LogP contribution >= 0.6 is 0 Å². The molecule has 1 aromatic rings. The molecule has 0 aliphatic carbocycles. The number of aryl methyl sites for hydroxylation is 1. The second kappa shape index (κ2) is 8.70. The molecule has 0 heterocycles. The Morgan fingerprint density at radius 1 is 1.17 bits per heavy atom. The van der Waals surface area contributed by atoms with Gasteiger partial charge in [-0.05, 0) is 24.5 Å². The maximum atomic E-state index is 9.05. The van der Waals surface area contributed by atoms with Crippen LogP contribution in [0.15, 0.2) is 29.4 Å². The first kappa shape index (κ1) is 14.7. The smallest absolute Gasteiger partial charge is 0.112 e.